The molecule has 3 rings (SSSR count). The molecule has 2 N–H and O–H groups in total. The average molecular weight is 477 g/mol. The molecule has 2 heterocycles. The topological polar surface area (TPSA) is 49.0 Å². The van der Waals surface area contributed by atoms with Crippen molar-refractivity contribution in [1.82, 2.24) is 20.4 Å². The fourth-order valence-electron chi connectivity index (χ4n) is 5.97. The lowest BCUT2D eigenvalue weighted by Gasteiger charge is -2.47. The van der Waals surface area contributed by atoms with Gasteiger partial charge >= 0.3 is 0 Å². The number of ether oxygens (including phenoxy) is 2. The second-order valence-electron chi connectivity index (χ2n) is 10.9. The Balaban J connectivity index is 1.82. The summed E-state index contributed by atoms with van der Waals surface area (Å²) in [6.07, 6.45) is 4.55. The fraction of sp³-hybridized carbons (Fsp3) is 0.731. The van der Waals surface area contributed by atoms with Crippen molar-refractivity contribution in [2.24, 2.45) is 0 Å². The Morgan fingerprint density at radius 2 is 1.88 bits per heavy atom. The first kappa shape index (κ1) is 26.0. The molecule has 0 radical (unpaired) electrons. The molecular weight excluding hydrogens is 432 g/mol. The lowest BCUT2D eigenvalue weighted by Crippen LogP contribution is -2.63. The Labute approximate surface area is 206 Å². The zero-order chi connectivity index (χ0) is 24.2. The van der Waals surface area contributed by atoms with Crippen LogP contribution in [0.15, 0.2) is 18.2 Å². The normalized spacial score (nSPS) is 22.7. The van der Waals surface area contributed by atoms with Crippen molar-refractivity contribution in [1.29, 1.82) is 0 Å². The van der Waals surface area contributed by atoms with Gasteiger partial charge in [-0.05, 0) is 84.8 Å². The van der Waals surface area contributed by atoms with Gasteiger partial charge in [0.05, 0.1) is 14.2 Å². The average Bonchev–Trinajstić information content (AvgIpc) is 3.17. The van der Waals surface area contributed by atoms with Crippen molar-refractivity contribution < 1.29 is 9.47 Å². The summed E-state index contributed by atoms with van der Waals surface area (Å²) in [5.74, 6) is 1.54. The van der Waals surface area contributed by atoms with Crippen molar-refractivity contribution in [2.45, 2.75) is 90.0 Å². The van der Waals surface area contributed by atoms with E-state index in [4.69, 9.17) is 21.7 Å². The SMILES string of the molecule is CCN1CCCC1CN(Cc1cccc(OC)c1OC)C(=S)NC1CC(C)(C)NC(C)(C)C1. The first-order valence-corrected chi connectivity index (χ1v) is 12.8. The third-order valence-electron chi connectivity index (χ3n) is 6.99. The van der Waals surface area contributed by atoms with Crippen molar-refractivity contribution in [3.05, 3.63) is 23.8 Å². The maximum Gasteiger partial charge on any atom is 0.169 e. The number of para-hydroxylation sites is 1. The number of benzene rings is 1. The molecule has 1 atom stereocenters. The quantitative estimate of drug-likeness (QED) is 0.546. The maximum atomic E-state index is 6.06. The van der Waals surface area contributed by atoms with Gasteiger partial charge in [0.25, 0.3) is 0 Å². The highest BCUT2D eigenvalue weighted by Crippen LogP contribution is 2.33. The number of methoxy groups -OCH3 is 2. The summed E-state index contributed by atoms with van der Waals surface area (Å²) in [7, 11) is 3.39. The smallest absolute Gasteiger partial charge is 0.169 e. The van der Waals surface area contributed by atoms with Gasteiger partial charge < -0.3 is 25.0 Å². The van der Waals surface area contributed by atoms with Gasteiger partial charge in [0.1, 0.15) is 0 Å². The van der Waals surface area contributed by atoms with Gasteiger partial charge in [-0.3, -0.25) is 4.90 Å². The van der Waals surface area contributed by atoms with E-state index in [1.807, 2.05) is 12.1 Å². The van der Waals surface area contributed by atoms with Crippen LogP contribution in [0.2, 0.25) is 0 Å². The van der Waals surface area contributed by atoms with E-state index in [1.165, 1.54) is 19.4 Å². The van der Waals surface area contributed by atoms with Crippen LogP contribution in [0.5, 0.6) is 11.5 Å². The van der Waals surface area contributed by atoms with E-state index in [0.717, 1.165) is 48.1 Å². The number of nitrogens with zero attached hydrogens (tertiary/aromatic N) is 2. The van der Waals surface area contributed by atoms with E-state index >= 15 is 0 Å². The Hall–Kier alpha value is -1.57. The third kappa shape index (κ3) is 6.74. The fourth-order valence-corrected chi connectivity index (χ4v) is 6.27. The number of piperidine rings is 1. The van der Waals surface area contributed by atoms with Crippen LogP contribution >= 0.6 is 12.2 Å². The molecule has 0 amide bonds. The molecule has 0 aliphatic carbocycles. The molecule has 2 aliphatic rings. The van der Waals surface area contributed by atoms with Gasteiger partial charge in [-0.1, -0.05) is 19.1 Å². The highest BCUT2D eigenvalue weighted by Gasteiger charge is 2.38. The summed E-state index contributed by atoms with van der Waals surface area (Å²) in [4.78, 5) is 4.92. The van der Waals surface area contributed by atoms with Crippen molar-refractivity contribution in [2.75, 3.05) is 33.9 Å². The first-order chi connectivity index (χ1) is 15.6. The van der Waals surface area contributed by atoms with E-state index in [2.05, 4.69) is 61.1 Å². The lowest BCUT2D eigenvalue weighted by atomic mass is 9.80. The Bertz CT molecular complexity index is 797. The van der Waals surface area contributed by atoms with Gasteiger partial charge in [-0.15, -0.1) is 0 Å². The van der Waals surface area contributed by atoms with Crippen molar-refractivity contribution >= 4 is 17.3 Å². The van der Waals surface area contributed by atoms with Crippen LogP contribution in [0.25, 0.3) is 0 Å². The monoisotopic (exact) mass is 476 g/mol. The Morgan fingerprint density at radius 3 is 2.48 bits per heavy atom. The van der Waals surface area contributed by atoms with E-state index in [-0.39, 0.29) is 11.1 Å². The number of likely N-dealkylation sites (tertiary alicyclic amines) is 1. The van der Waals surface area contributed by atoms with Crippen LogP contribution in [0.3, 0.4) is 0 Å². The first-order valence-electron chi connectivity index (χ1n) is 12.4. The van der Waals surface area contributed by atoms with Crippen LogP contribution in [0.4, 0.5) is 0 Å². The van der Waals surface area contributed by atoms with E-state index in [9.17, 15) is 0 Å². The Kier molecular flexibility index (Phi) is 8.51. The van der Waals surface area contributed by atoms with Crippen molar-refractivity contribution in [3.8, 4) is 11.5 Å². The molecule has 2 fully saturated rings. The van der Waals surface area contributed by atoms with Gasteiger partial charge in [0, 0.05) is 41.8 Å². The lowest BCUT2D eigenvalue weighted by molar-refractivity contribution is 0.152. The molecule has 6 nitrogen and oxygen atoms in total. The molecule has 1 aromatic carbocycles. The number of thiocarbonyl (C=S) groups is 1. The molecule has 0 aromatic heterocycles. The minimum atomic E-state index is 0.0698. The Morgan fingerprint density at radius 1 is 1.18 bits per heavy atom. The molecule has 33 heavy (non-hydrogen) atoms. The van der Waals surface area contributed by atoms with Gasteiger partial charge in [-0.25, -0.2) is 0 Å². The van der Waals surface area contributed by atoms with Crippen molar-refractivity contribution in [3.63, 3.8) is 0 Å². The zero-order valence-electron chi connectivity index (χ0n) is 21.7. The second-order valence-corrected chi connectivity index (χ2v) is 11.3. The minimum Gasteiger partial charge on any atom is -0.493 e. The summed E-state index contributed by atoms with van der Waals surface area (Å²) >= 11 is 6.06. The zero-order valence-corrected chi connectivity index (χ0v) is 22.5. The van der Waals surface area contributed by atoms with Crippen LogP contribution in [-0.4, -0.2) is 71.9 Å². The molecule has 2 saturated heterocycles. The minimum absolute atomic E-state index is 0.0698. The van der Waals surface area contributed by atoms with Gasteiger partial charge in [0.15, 0.2) is 16.6 Å². The summed E-state index contributed by atoms with van der Waals surface area (Å²) in [6, 6.07) is 6.94. The van der Waals surface area contributed by atoms with Gasteiger partial charge in [0.2, 0.25) is 0 Å². The van der Waals surface area contributed by atoms with Crippen LogP contribution in [0, 0.1) is 0 Å². The molecule has 2 aliphatic heterocycles. The molecule has 0 bridgehead atoms. The summed E-state index contributed by atoms with van der Waals surface area (Å²) in [5.41, 5.74) is 1.23. The largest absolute Gasteiger partial charge is 0.493 e. The van der Waals surface area contributed by atoms with E-state index in [0.29, 0.717) is 18.6 Å². The van der Waals surface area contributed by atoms with E-state index in [1.54, 1.807) is 14.2 Å². The molecule has 186 valence electrons. The summed E-state index contributed by atoms with van der Waals surface area (Å²) in [6.45, 7) is 15.2. The number of hydrogen-bond acceptors (Lipinski definition) is 5. The number of likely N-dealkylation sites (N-methyl/N-ethyl adjacent to an activating group) is 1. The number of rotatable bonds is 8. The van der Waals surface area contributed by atoms with Crippen LogP contribution in [0.1, 0.15) is 65.9 Å². The second kappa shape index (κ2) is 10.8. The predicted octanol–water partition coefficient (Wildman–Crippen LogP) is 4.17. The van der Waals surface area contributed by atoms with Crippen LogP contribution < -0.4 is 20.1 Å². The molecule has 0 spiro atoms. The maximum absolute atomic E-state index is 6.06. The standard InChI is InChI=1S/C26H44N4O2S/c1-8-29-14-10-12-21(29)18-30(17-19-11-9-13-22(31-6)23(19)32-7)24(33)27-20-15-25(2,3)28-26(4,5)16-20/h9,11,13,20-21,28H,8,10,12,14-18H2,1-7H3,(H,27,33). The number of hydrogen-bond donors (Lipinski definition) is 2. The molecule has 1 aromatic rings. The molecular formula is C26H44N4O2S. The number of nitrogens with one attached hydrogen (secondary N) is 2. The molecule has 7 heteroatoms. The van der Waals surface area contributed by atoms with E-state index < -0.39 is 0 Å². The van der Waals surface area contributed by atoms with Crippen LogP contribution in [-0.2, 0) is 6.54 Å². The molecule has 1 unspecified atom stereocenters. The summed E-state index contributed by atoms with van der Waals surface area (Å²) < 4.78 is 11.3. The van der Waals surface area contributed by atoms with Gasteiger partial charge in [-0.2, -0.15) is 0 Å². The molecule has 0 saturated carbocycles. The predicted molar refractivity (Wildman–Crippen MR) is 140 cm³/mol. The highest BCUT2D eigenvalue weighted by molar-refractivity contribution is 7.80. The third-order valence-corrected chi connectivity index (χ3v) is 7.36. The summed E-state index contributed by atoms with van der Waals surface area (Å²) in [5, 5.41) is 8.35. The highest BCUT2D eigenvalue weighted by atomic mass is 32.1.